The van der Waals surface area contributed by atoms with Crippen LogP contribution in [-0.2, 0) is 0 Å². The quantitative estimate of drug-likeness (QED) is 0.422. The molecule has 0 aliphatic rings. The Morgan fingerprint density at radius 1 is 0.939 bits per heavy atom. The minimum atomic E-state index is -0.606. The van der Waals surface area contributed by atoms with Crippen molar-refractivity contribution in [2.24, 2.45) is 5.73 Å². The van der Waals surface area contributed by atoms with Crippen LogP contribution in [0.5, 0.6) is 17.2 Å². The van der Waals surface area contributed by atoms with E-state index in [0.29, 0.717) is 47.6 Å². The van der Waals surface area contributed by atoms with Gasteiger partial charge in [0.1, 0.15) is 5.00 Å². The molecular formula is C25H28N2O5S. The number of nitrogens with one attached hydrogen (secondary N) is 1. The summed E-state index contributed by atoms with van der Waals surface area (Å²) < 4.78 is 17.1. The van der Waals surface area contributed by atoms with Gasteiger partial charge in [-0.25, -0.2) is 0 Å². The van der Waals surface area contributed by atoms with E-state index in [0.717, 1.165) is 16.0 Å². The lowest BCUT2D eigenvalue weighted by Crippen LogP contribution is -2.17. The number of benzene rings is 2. The molecule has 0 fully saturated rings. The van der Waals surface area contributed by atoms with E-state index in [9.17, 15) is 9.59 Å². The lowest BCUT2D eigenvalue weighted by Gasteiger charge is -2.17. The Bertz CT molecular complexity index is 1110. The summed E-state index contributed by atoms with van der Waals surface area (Å²) in [6.07, 6.45) is 0. The predicted molar refractivity (Wildman–Crippen MR) is 131 cm³/mol. The molecule has 3 N–H and O–H groups in total. The summed E-state index contributed by atoms with van der Waals surface area (Å²) in [4.78, 5) is 26.5. The van der Waals surface area contributed by atoms with Crippen LogP contribution in [-0.4, -0.2) is 31.6 Å². The molecule has 0 aliphatic carbocycles. The van der Waals surface area contributed by atoms with Gasteiger partial charge in [-0.3, -0.25) is 9.59 Å². The van der Waals surface area contributed by atoms with Crippen LogP contribution in [0.1, 0.15) is 46.4 Å². The number of anilines is 1. The van der Waals surface area contributed by atoms with Crippen molar-refractivity contribution in [3.8, 4) is 28.4 Å². The van der Waals surface area contributed by atoms with Gasteiger partial charge < -0.3 is 25.3 Å². The molecule has 2 amide bonds. The summed E-state index contributed by atoms with van der Waals surface area (Å²) in [6.45, 7) is 8.67. The highest BCUT2D eigenvalue weighted by molar-refractivity contribution is 7.17. The van der Waals surface area contributed by atoms with E-state index in [1.807, 2.05) is 58.0 Å². The molecule has 0 radical (unpaired) electrons. The molecule has 3 aromatic rings. The lowest BCUT2D eigenvalue weighted by atomic mass is 10.0. The molecule has 3 rings (SSSR count). The summed E-state index contributed by atoms with van der Waals surface area (Å²) >= 11 is 1.31. The maximum absolute atomic E-state index is 13.2. The number of hydrogen-bond donors (Lipinski definition) is 2. The van der Waals surface area contributed by atoms with Gasteiger partial charge in [0.25, 0.3) is 11.8 Å². The molecule has 0 unspecified atom stereocenters. The molecule has 0 aliphatic heterocycles. The third-order valence-electron chi connectivity index (χ3n) is 4.79. The monoisotopic (exact) mass is 468 g/mol. The number of carbonyl (C=O) groups excluding carboxylic acids is 2. The van der Waals surface area contributed by atoms with E-state index in [4.69, 9.17) is 19.9 Å². The Kier molecular flexibility index (Phi) is 7.95. The fourth-order valence-electron chi connectivity index (χ4n) is 3.52. The van der Waals surface area contributed by atoms with Crippen LogP contribution in [0.3, 0.4) is 0 Å². The maximum Gasteiger partial charge on any atom is 0.256 e. The van der Waals surface area contributed by atoms with Gasteiger partial charge >= 0.3 is 0 Å². The van der Waals surface area contributed by atoms with Crippen molar-refractivity contribution in [2.45, 2.75) is 27.7 Å². The van der Waals surface area contributed by atoms with E-state index < -0.39 is 11.8 Å². The van der Waals surface area contributed by atoms with Gasteiger partial charge in [0.05, 0.1) is 25.4 Å². The van der Waals surface area contributed by atoms with Gasteiger partial charge in [-0.15, -0.1) is 11.3 Å². The molecule has 0 saturated heterocycles. The first-order valence-electron chi connectivity index (χ1n) is 10.8. The molecule has 8 heteroatoms. The van der Waals surface area contributed by atoms with Crippen LogP contribution in [0.15, 0.2) is 42.5 Å². The standard InChI is InChI=1S/C25H28N2O5S/c1-5-30-18-13-17(14-19(31-6-2)22(18)32-7-3)24(29)27-25-21(23(26)28)20(15(4)33-25)16-11-9-8-10-12-16/h8-14H,5-7H2,1-4H3,(H2,26,28)(H,27,29). The second-order valence-corrected chi connectivity index (χ2v) is 8.25. The van der Waals surface area contributed by atoms with Gasteiger partial charge in [0, 0.05) is 16.0 Å². The molecule has 7 nitrogen and oxygen atoms in total. The Hall–Kier alpha value is -3.52. The van der Waals surface area contributed by atoms with Gasteiger partial charge in [0.15, 0.2) is 11.5 Å². The second kappa shape index (κ2) is 10.9. The van der Waals surface area contributed by atoms with E-state index in [2.05, 4.69) is 5.32 Å². The molecule has 1 heterocycles. The van der Waals surface area contributed by atoms with Crippen molar-refractivity contribution in [3.05, 3.63) is 58.5 Å². The number of ether oxygens (including phenoxy) is 3. The van der Waals surface area contributed by atoms with Crippen molar-refractivity contribution >= 4 is 28.2 Å². The summed E-state index contributed by atoms with van der Waals surface area (Å²) in [7, 11) is 0. The largest absolute Gasteiger partial charge is 0.490 e. The van der Waals surface area contributed by atoms with Crippen LogP contribution in [0.2, 0.25) is 0 Å². The minimum Gasteiger partial charge on any atom is -0.490 e. The molecule has 0 bridgehead atoms. The number of thiophene rings is 1. The average Bonchev–Trinajstić information content (AvgIpc) is 3.12. The Morgan fingerprint density at radius 3 is 2.03 bits per heavy atom. The maximum atomic E-state index is 13.2. The molecule has 2 aromatic carbocycles. The first-order chi connectivity index (χ1) is 15.9. The second-order valence-electron chi connectivity index (χ2n) is 7.02. The zero-order valence-corrected chi connectivity index (χ0v) is 20.0. The van der Waals surface area contributed by atoms with Gasteiger partial charge in [-0.05, 0) is 45.4 Å². The number of carbonyl (C=O) groups is 2. The van der Waals surface area contributed by atoms with E-state index in [1.165, 1.54) is 11.3 Å². The predicted octanol–water partition coefficient (Wildman–Crippen LogP) is 5.27. The number of hydrogen-bond acceptors (Lipinski definition) is 6. The molecule has 0 atom stereocenters. The number of rotatable bonds is 10. The number of nitrogens with two attached hydrogens (primary N) is 1. The molecule has 174 valence electrons. The summed E-state index contributed by atoms with van der Waals surface area (Å²) in [5.41, 5.74) is 7.91. The average molecular weight is 469 g/mol. The Balaban J connectivity index is 2.03. The highest BCUT2D eigenvalue weighted by Crippen LogP contribution is 2.41. The highest BCUT2D eigenvalue weighted by atomic mass is 32.1. The van der Waals surface area contributed by atoms with Gasteiger partial charge in [-0.2, -0.15) is 0 Å². The fraction of sp³-hybridized carbons (Fsp3) is 0.280. The van der Waals surface area contributed by atoms with Crippen molar-refractivity contribution in [2.75, 3.05) is 25.1 Å². The van der Waals surface area contributed by atoms with Crippen molar-refractivity contribution in [1.82, 2.24) is 0 Å². The summed E-state index contributed by atoms with van der Waals surface area (Å²) in [6, 6.07) is 12.7. The zero-order chi connectivity index (χ0) is 24.0. The molecule has 0 spiro atoms. The van der Waals surface area contributed by atoms with Gasteiger partial charge in [-0.1, -0.05) is 30.3 Å². The topological polar surface area (TPSA) is 99.9 Å². The molecular weight excluding hydrogens is 440 g/mol. The van der Waals surface area contributed by atoms with Crippen LogP contribution in [0.25, 0.3) is 11.1 Å². The molecule has 1 aromatic heterocycles. The Labute approximate surface area is 197 Å². The molecule has 33 heavy (non-hydrogen) atoms. The smallest absolute Gasteiger partial charge is 0.256 e. The van der Waals surface area contributed by atoms with E-state index in [-0.39, 0.29) is 5.56 Å². The van der Waals surface area contributed by atoms with E-state index >= 15 is 0 Å². The van der Waals surface area contributed by atoms with Crippen molar-refractivity contribution in [1.29, 1.82) is 0 Å². The summed E-state index contributed by atoms with van der Waals surface area (Å²) in [5, 5.41) is 3.25. The summed E-state index contributed by atoms with van der Waals surface area (Å²) in [5.74, 6) is 0.262. The first kappa shape index (κ1) is 24.1. The highest BCUT2D eigenvalue weighted by Gasteiger charge is 2.24. The van der Waals surface area contributed by atoms with Gasteiger partial charge in [0.2, 0.25) is 5.75 Å². The van der Waals surface area contributed by atoms with Crippen LogP contribution < -0.4 is 25.3 Å². The molecule has 0 saturated carbocycles. The van der Waals surface area contributed by atoms with Crippen LogP contribution in [0.4, 0.5) is 5.00 Å². The van der Waals surface area contributed by atoms with Crippen LogP contribution >= 0.6 is 11.3 Å². The normalized spacial score (nSPS) is 10.5. The zero-order valence-electron chi connectivity index (χ0n) is 19.2. The number of aryl methyl sites for hydroxylation is 1. The number of primary amides is 1. The lowest BCUT2D eigenvalue weighted by molar-refractivity contribution is 0.100. The Morgan fingerprint density at radius 2 is 1.52 bits per heavy atom. The first-order valence-corrected chi connectivity index (χ1v) is 11.6. The third kappa shape index (κ3) is 5.28. The third-order valence-corrected chi connectivity index (χ3v) is 5.81. The minimum absolute atomic E-state index is 0.290. The van der Waals surface area contributed by atoms with Crippen molar-refractivity contribution in [3.63, 3.8) is 0 Å². The van der Waals surface area contributed by atoms with Crippen molar-refractivity contribution < 1.29 is 23.8 Å². The number of amides is 2. The van der Waals surface area contributed by atoms with Crippen LogP contribution in [0, 0.1) is 6.92 Å². The fourth-order valence-corrected chi connectivity index (χ4v) is 4.59. The van der Waals surface area contributed by atoms with E-state index in [1.54, 1.807) is 12.1 Å². The SMILES string of the molecule is CCOc1cc(C(=O)Nc2sc(C)c(-c3ccccc3)c2C(N)=O)cc(OCC)c1OCC.